The summed E-state index contributed by atoms with van der Waals surface area (Å²) in [6.45, 7) is 2.23. The van der Waals surface area contributed by atoms with Crippen LogP contribution < -0.4 is 10.1 Å². The molecule has 1 aromatic rings. The molecule has 0 aliphatic rings. The highest BCUT2D eigenvalue weighted by atomic mass is 35.5. The van der Waals surface area contributed by atoms with E-state index in [1.807, 2.05) is 20.8 Å². The third kappa shape index (κ3) is 6.46. The van der Waals surface area contributed by atoms with Crippen LogP contribution in [0.5, 0.6) is 5.75 Å². The zero-order chi connectivity index (χ0) is 16.2. The maximum Gasteiger partial charge on any atom is 0.387 e. The molecule has 0 saturated carbocycles. The van der Waals surface area contributed by atoms with Gasteiger partial charge in [-0.3, -0.25) is 4.79 Å². The standard InChI is InChI=1S/C13H15Cl2F2NO3/c1-13(2,3)20-6-10(19)18-7-4-8(14)11(9(15)5-7)21-12(16)17/h4-5,12H,6H2,1-3H3,(H,18,19). The van der Waals surface area contributed by atoms with Gasteiger partial charge >= 0.3 is 6.61 Å². The highest BCUT2D eigenvalue weighted by Gasteiger charge is 2.16. The molecule has 4 nitrogen and oxygen atoms in total. The zero-order valence-electron chi connectivity index (χ0n) is 11.7. The van der Waals surface area contributed by atoms with Gasteiger partial charge < -0.3 is 14.8 Å². The Morgan fingerprint density at radius 3 is 2.24 bits per heavy atom. The molecular formula is C13H15Cl2F2NO3. The van der Waals surface area contributed by atoms with Crippen LogP contribution in [0.4, 0.5) is 14.5 Å². The van der Waals surface area contributed by atoms with Crippen molar-refractivity contribution in [3.05, 3.63) is 22.2 Å². The van der Waals surface area contributed by atoms with Gasteiger partial charge in [0.2, 0.25) is 5.91 Å². The Morgan fingerprint density at radius 2 is 1.81 bits per heavy atom. The molecule has 118 valence electrons. The van der Waals surface area contributed by atoms with Gasteiger partial charge in [0.1, 0.15) is 6.61 Å². The Balaban J connectivity index is 2.75. The predicted octanol–water partition coefficient (Wildman–Crippen LogP) is 4.35. The number of alkyl halides is 2. The molecule has 0 atom stereocenters. The molecule has 8 heteroatoms. The molecule has 0 heterocycles. The summed E-state index contributed by atoms with van der Waals surface area (Å²) in [5.41, 5.74) is -0.198. The Bertz CT molecular complexity index is 496. The number of ether oxygens (including phenoxy) is 2. The number of nitrogens with one attached hydrogen (secondary N) is 1. The lowest BCUT2D eigenvalue weighted by atomic mass is 10.2. The maximum atomic E-state index is 12.2. The molecule has 0 aliphatic heterocycles. The number of halogens is 4. The first-order valence-corrected chi connectivity index (χ1v) is 6.72. The fourth-order valence-electron chi connectivity index (χ4n) is 1.31. The molecule has 0 spiro atoms. The van der Waals surface area contributed by atoms with Crippen LogP contribution in [-0.2, 0) is 9.53 Å². The monoisotopic (exact) mass is 341 g/mol. The van der Waals surface area contributed by atoms with Crippen molar-refractivity contribution in [2.45, 2.75) is 33.0 Å². The molecule has 1 N–H and O–H groups in total. The third-order valence-electron chi connectivity index (χ3n) is 2.13. The van der Waals surface area contributed by atoms with E-state index in [4.69, 9.17) is 27.9 Å². The summed E-state index contributed by atoms with van der Waals surface area (Å²) in [5, 5.41) is 2.24. The lowest BCUT2D eigenvalue weighted by Gasteiger charge is -2.19. The largest absolute Gasteiger partial charge is 0.432 e. The predicted molar refractivity (Wildman–Crippen MR) is 77.4 cm³/mol. The number of hydrogen-bond acceptors (Lipinski definition) is 3. The molecule has 1 rings (SSSR count). The van der Waals surface area contributed by atoms with Gasteiger partial charge in [-0.25, -0.2) is 0 Å². The van der Waals surface area contributed by atoms with Gasteiger partial charge in [-0.15, -0.1) is 0 Å². The molecule has 1 amide bonds. The number of benzene rings is 1. The van der Waals surface area contributed by atoms with Gasteiger partial charge in [0.25, 0.3) is 0 Å². The van der Waals surface area contributed by atoms with E-state index in [-0.39, 0.29) is 28.1 Å². The van der Waals surface area contributed by atoms with E-state index >= 15 is 0 Å². The van der Waals surface area contributed by atoms with Gasteiger partial charge in [-0.05, 0) is 32.9 Å². The van der Waals surface area contributed by atoms with Crippen LogP contribution in [-0.4, -0.2) is 24.7 Å². The van der Waals surface area contributed by atoms with Gasteiger partial charge in [0.05, 0.1) is 15.6 Å². The second kappa shape index (κ2) is 7.24. The van der Waals surface area contributed by atoms with Crippen LogP contribution in [0.2, 0.25) is 10.0 Å². The fourth-order valence-corrected chi connectivity index (χ4v) is 1.89. The molecule has 0 unspecified atom stereocenters. The van der Waals surface area contributed by atoms with Crippen LogP contribution in [0.25, 0.3) is 0 Å². The highest BCUT2D eigenvalue weighted by molar-refractivity contribution is 6.37. The fraction of sp³-hybridized carbons (Fsp3) is 0.462. The molecule has 0 fully saturated rings. The van der Waals surface area contributed by atoms with Crippen LogP contribution in [0, 0.1) is 0 Å². The molecule has 1 aromatic carbocycles. The maximum absolute atomic E-state index is 12.2. The number of rotatable bonds is 5. The number of carbonyl (C=O) groups excluding carboxylic acids is 1. The van der Waals surface area contributed by atoms with E-state index < -0.39 is 18.1 Å². The van der Waals surface area contributed by atoms with Crippen molar-refractivity contribution in [2.24, 2.45) is 0 Å². The quantitative estimate of drug-likeness (QED) is 0.866. The molecule has 0 bridgehead atoms. The van der Waals surface area contributed by atoms with Gasteiger partial charge in [0.15, 0.2) is 5.75 Å². The number of anilines is 1. The topological polar surface area (TPSA) is 47.6 Å². The van der Waals surface area contributed by atoms with E-state index in [0.717, 1.165) is 0 Å². The van der Waals surface area contributed by atoms with Crippen molar-refractivity contribution in [1.82, 2.24) is 0 Å². The van der Waals surface area contributed by atoms with Crippen LogP contribution in [0.1, 0.15) is 20.8 Å². The summed E-state index contributed by atoms with van der Waals surface area (Å²) >= 11 is 11.6. The minimum absolute atomic E-state index is 0.130. The van der Waals surface area contributed by atoms with Crippen molar-refractivity contribution in [3.8, 4) is 5.75 Å². The Labute approximate surface area is 131 Å². The minimum Gasteiger partial charge on any atom is -0.432 e. The number of carbonyl (C=O) groups is 1. The van der Waals surface area contributed by atoms with Crippen LogP contribution in [0.15, 0.2) is 12.1 Å². The van der Waals surface area contributed by atoms with Crippen molar-refractivity contribution in [1.29, 1.82) is 0 Å². The summed E-state index contributed by atoms with van der Waals surface area (Å²) in [7, 11) is 0. The summed E-state index contributed by atoms with van der Waals surface area (Å²) in [6.07, 6.45) is 0. The van der Waals surface area contributed by atoms with Crippen molar-refractivity contribution in [3.63, 3.8) is 0 Å². The molecule has 0 aromatic heterocycles. The van der Waals surface area contributed by atoms with Crippen LogP contribution >= 0.6 is 23.2 Å². The Morgan fingerprint density at radius 1 is 1.29 bits per heavy atom. The number of hydrogen-bond donors (Lipinski definition) is 1. The first kappa shape index (κ1) is 17.9. The van der Waals surface area contributed by atoms with Gasteiger partial charge in [-0.2, -0.15) is 8.78 Å². The van der Waals surface area contributed by atoms with E-state index in [2.05, 4.69) is 10.1 Å². The van der Waals surface area contributed by atoms with Crippen LogP contribution in [0.3, 0.4) is 0 Å². The lowest BCUT2D eigenvalue weighted by molar-refractivity contribution is -0.125. The third-order valence-corrected chi connectivity index (χ3v) is 2.69. The van der Waals surface area contributed by atoms with E-state index in [1.54, 1.807) is 0 Å². The highest BCUT2D eigenvalue weighted by Crippen LogP contribution is 2.36. The average Bonchev–Trinajstić information content (AvgIpc) is 2.30. The normalized spacial score (nSPS) is 11.6. The Hall–Kier alpha value is -1.11. The summed E-state index contributed by atoms with van der Waals surface area (Å²) in [6, 6.07) is 2.53. The first-order valence-electron chi connectivity index (χ1n) is 5.96. The average molecular weight is 342 g/mol. The summed E-state index contributed by atoms with van der Waals surface area (Å²) in [4.78, 5) is 11.7. The van der Waals surface area contributed by atoms with E-state index in [0.29, 0.717) is 0 Å². The molecule has 0 aliphatic carbocycles. The van der Waals surface area contributed by atoms with Crippen molar-refractivity contribution >= 4 is 34.8 Å². The second-order valence-electron chi connectivity index (χ2n) is 5.10. The van der Waals surface area contributed by atoms with Gasteiger partial charge in [-0.1, -0.05) is 23.2 Å². The first-order chi connectivity index (χ1) is 9.58. The van der Waals surface area contributed by atoms with Crippen molar-refractivity contribution < 1.29 is 23.0 Å². The smallest absolute Gasteiger partial charge is 0.387 e. The van der Waals surface area contributed by atoms with Gasteiger partial charge in [0, 0.05) is 5.69 Å². The van der Waals surface area contributed by atoms with Crippen molar-refractivity contribution in [2.75, 3.05) is 11.9 Å². The Kier molecular flexibility index (Phi) is 6.19. The molecule has 0 saturated heterocycles. The zero-order valence-corrected chi connectivity index (χ0v) is 13.2. The second-order valence-corrected chi connectivity index (χ2v) is 5.91. The van der Waals surface area contributed by atoms with E-state index in [1.165, 1.54) is 12.1 Å². The summed E-state index contributed by atoms with van der Waals surface area (Å²) in [5.74, 6) is -0.753. The van der Waals surface area contributed by atoms with E-state index in [9.17, 15) is 13.6 Å². The molecular weight excluding hydrogens is 327 g/mol. The molecule has 21 heavy (non-hydrogen) atoms. The molecule has 0 radical (unpaired) electrons. The lowest BCUT2D eigenvalue weighted by Crippen LogP contribution is -2.27. The minimum atomic E-state index is -3.04. The summed E-state index contributed by atoms with van der Waals surface area (Å²) < 4.78 is 33.8. The number of amides is 1. The SMILES string of the molecule is CC(C)(C)OCC(=O)Nc1cc(Cl)c(OC(F)F)c(Cl)c1.